The van der Waals surface area contributed by atoms with Gasteiger partial charge in [0.1, 0.15) is 98.8 Å². The highest BCUT2D eigenvalue weighted by Crippen LogP contribution is 2.49. The summed E-state index contributed by atoms with van der Waals surface area (Å²) in [6.07, 6.45) is 12.3. The first-order valence-corrected chi connectivity index (χ1v) is 51.1. The number of alkyl carbamates (subject to hydrolysis) is 3. The first-order chi connectivity index (χ1) is 62.2. The van der Waals surface area contributed by atoms with Crippen LogP contribution in [0.3, 0.4) is 0 Å². The molecule has 5 heterocycles. The van der Waals surface area contributed by atoms with Crippen LogP contribution in [0, 0.1) is 34.0 Å². The number of aliphatic hydroxyl groups is 1. The van der Waals surface area contributed by atoms with Crippen LogP contribution in [0.15, 0.2) is 50.1 Å². The predicted octanol–water partition coefficient (Wildman–Crippen LogP) is 6.47. The largest absolute Gasteiger partial charge is 0.472 e. The fourth-order valence-electron chi connectivity index (χ4n) is 17.7. The molecule has 12 amide bonds. The van der Waals surface area contributed by atoms with Gasteiger partial charge in [-0.2, -0.15) is 15.0 Å². The van der Waals surface area contributed by atoms with Crippen LogP contribution in [0.5, 0.6) is 11.9 Å². The molecule has 47 heteroatoms. The molecule has 15 atom stereocenters. The molecule has 10 N–H and O–H groups in total. The molecule has 9 saturated carbocycles. The second-order valence-corrected chi connectivity index (χ2v) is 47.1. The van der Waals surface area contributed by atoms with Crippen molar-refractivity contribution >= 4 is 148 Å². The van der Waals surface area contributed by atoms with E-state index in [0.717, 1.165) is 77.0 Å². The first kappa shape index (κ1) is 103. The number of aromatic nitrogens is 4. The van der Waals surface area contributed by atoms with E-state index < -0.39 is 222 Å². The Labute approximate surface area is 793 Å². The molecule has 734 valence electrons. The number of aliphatic hydroxyl groups excluding tert-OH is 1. The van der Waals surface area contributed by atoms with E-state index in [-0.39, 0.29) is 109 Å². The van der Waals surface area contributed by atoms with Crippen LogP contribution in [0.25, 0.3) is 0 Å². The molecule has 133 heavy (non-hydrogen) atoms. The van der Waals surface area contributed by atoms with Gasteiger partial charge in [-0.25, -0.2) is 44.6 Å². The van der Waals surface area contributed by atoms with Crippen LogP contribution in [0.1, 0.15) is 216 Å². The number of likely N-dealkylation sites (tertiary alicyclic amines) is 3. The number of sulfonamides is 3. The van der Waals surface area contributed by atoms with Crippen molar-refractivity contribution in [1.82, 2.24) is 80.7 Å². The van der Waals surface area contributed by atoms with Crippen molar-refractivity contribution in [3.8, 4) is 11.9 Å². The summed E-state index contributed by atoms with van der Waals surface area (Å²) in [5.41, 5.74) is -6.99. The van der Waals surface area contributed by atoms with Gasteiger partial charge in [-0.15, -0.1) is 19.7 Å². The van der Waals surface area contributed by atoms with Crippen LogP contribution in [-0.4, -0.2) is 261 Å². The van der Waals surface area contributed by atoms with Crippen LogP contribution in [-0.2, 0) is 87.4 Å². The zero-order valence-corrected chi connectivity index (χ0v) is 81.2. The van der Waals surface area contributed by atoms with Crippen molar-refractivity contribution in [2.45, 2.75) is 322 Å². The van der Waals surface area contributed by atoms with E-state index in [4.69, 9.17) is 70.1 Å². The van der Waals surface area contributed by atoms with Gasteiger partial charge in [0, 0.05) is 55.7 Å². The number of ether oxygens (including phenoxy) is 5. The molecule has 0 radical (unpaired) electrons. The minimum absolute atomic E-state index is 0.0224. The van der Waals surface area contributed by atoms with Crippen molar-refractivity contribution in [2.24, 2.45) is 34.0 Å². The SMILES string of the molecule is C=C[C@@H]1C[C@]1(NC(=O)[C@@H]1C[C@@H](O)CN1C(=O)[C@@H](NC(=O)OC1CCCC1)C(C)(C)C)C(=O)NS(=O)(=O)C1CC1.C=C[C@@H]1C[C@]1(NC(=O)[C@@H]1C[C@@H](Oc2cc(Cl)nc(Cl)n2)CN1C(=O)[C@@H](NC(=O)OC1CCCC1)C(C)(C)C)C(=O)NS(=O)(=O)C1CC1.C=C[C@@H]1C[C@]1(NC(=O)[C@@H]1C[C@@H](Oc2nc(Cl)cc(Cl)n2)CN1C(=O)[C@@H](NC(=O)OC1CCCC1)C(C)(C)C)C(=O)NS(=O)(=O)C1CC1. The normalized spacial score (nSPS) is 27.6. The summed E-state index contributed by atoms with van der Waals surface area (Å²) >= 11 is 24.0. The lowest BCUT2D eigenvalue weighted by Gasteiger charge is -2.35. The topological polar surface area (TPSA) is 543 Å². The van der Waals surface area contributed by atoms with Crippen LogP contribution < -0.4 is 55.5 Å². The summed E-state index contributed by atoms with van der Waals surface area (Å²) in [4.78, 5) is 182. The van der Waals surface area contributed by atoms with Gasteiger partial charge >= 0.3 is 24.3 Å². The van der Waals surface area contributed by atoms with Crippen molar-refractivity contribution in [2.75, 3.05) is 19.6 Å². The number of hydrogen-bond donors (Lipinski definition) is 10. The number of nitrogens with one attached hydrogen (secondary N) is 9. The number of hydrogen-bond acceptors (Lipinski definition) is 28. The predicted molar refractivity (Wildman–Crippen MR) is 482 cm³/mol. The molecule has 2 aromatic heterocycles. The Hall–Kier alpha value is -9.01. The van der Waals surface area contributed by atoms with Gasteiger partial charge in [-0.1, -0.05) is 115 Å². The highest BCUT2D eigenvalue weighted by molar-refractivity contribution is 7.91. The summed E-state index contributed by atoms with van der Waals surface area (Å²) in [7, 11) is -11.6. The van der Waals surface area contributed by atoms with E-state index in [1.165, 1.54) is 45.1 Å². The van der Waals surface area contributed by atoms with Gasteiger partial charge in [0.05, 0.1) is 34.9 Å². The Morgan fingerprint density at radius 1 is 0.421 bits per heavy atom. The molecule has 9 aliphatic carbocycles. The lowest BCUT2D eigenvalue weighted by molar-refractivity contribution is -0.143. The first-order valence-electron chi connectivity index (χ1n) is 45.0. The van der Waals surface area contributed by atoms with Crippen molar-refractivity contribution < 1.29 is 112 Å². The number of carbonyl (C=O) groups is 12. The molecule has 0 unspecified atom stereocenters. The standard InChI is InChI=1S/2C30H40Cl2N6O8S.C26H40N4O8S/c1-5-16-14-30(16,26(41)37-47(43,44)19-10-11-19)36-24(39)20-12-18(45-22-13-21(31)33-27(32)34-22)15-38(20)25(40)23(29(2,3)4)35-28(42)46-17-8-6-7-9-17;1-5-16-14-30(16,26(41)37-47(43,44)19-10-11-19)36-24(39)20-12-18(45-27-33-21(31)13-22(32)34-27)15-38(20)25(40)23(29(2,3)4)35-28(42)46-17-8-6-7-9-17;1-5-15-13-26(15,23(34)29-39(36,37)18-10-11-18)28-21(32)19-12-16(31)14-30(19)22(33)20(25(2,3)4)27-24(35)38-17-8-6-7-9-17/h2*5,13,16-20,23H,1,6-12,14-15H2,2-4H3,(H,35,42)(H,36,39)(H,37,41);5,15-20,31H,1,6-14H2,2-4H3,(H,27,35)(H,28,32)(H,29,34)/t2*16-,18-,20+,23-,30-;15-,16-,19+,20-,26-/m111/s1. The van der Waals surface area contributed by atoms with Crippen LogP contribution in [0.4, 0.5) is 14.4 Å². The third-order valence-corrected chi connectivity index (χ3v) is 32.2. The summed E-state index contributed by atoms with van der Waals surface area (Å²) < 4.78 is 110. The number of halogens is 4. The van der Waals surface area contributed by atoms with E-state index in [2.05, 4.69) is 85.7 Å². The monoisotopic (exact) mass is 2000 g/mol. The minimum Gasteiger partial charge on any atom is -0.472 e. The average Bonchev–Trinajstić information content (AvgIpc) is 1.58. The summed E-state index contributed by atoms with van der Waals surface area (Å²) in [5, 5.41) is 24.6. The van der Waals surface area contributed by atoms with Crippen LogP contribution >= 0.6 is 46.4 Å². The molecule has 12 fully saturated rings. The molecule has 0 bridgehead atoms. The zero-order valence-electron chi connectivity index (χ0n) is 75.7. The van der Waals surface area contributed by atoms with Crippen molar-refractivity contribution in [3.05, 3.63) is 70.8 Å². The molecule has 2 aromatic rings. The van der Waals surface area contributed by atoms with E-state index in [1.807, 2.05) is 0 Å². The maximum absolute atomic E-state index is 14.3. The molecule has 0 spiro atoms. The Morgan fingerprint density at radius 3 is 1.00 bits per heavy atom. The van der Waals surface area contributed by atoms with Gasteiger partial charge in [-0.3, -0.25) is 57.3 Å². The number of nitrogens with zero attached hydrogens (tertiary/aromatic N) is 7. The lowest BCUT2D eigenvalue weighted by Crippen LogP contribution is -2.60. The van der Waals surface area contributed by atoms with E-state index in [1.54, 1.807) is 62.3 Å². The Bertz CT molecular complexity index is 4940. The second kappa shape index (κ2) is 40.7. The Morgan fingerprint density at radius 2 is 0.714 bits per heavy atom. The van der Waals surface area contributed by atoms with Gasteiger partial charge in [0.2, 0.25) is 76.7 Å². The summed E-state index contributed by atoms with van der Waals surface area (Å²) in [5.74, 6) is -7.90. The molecule has 12 aliphatic rings. The summed E-state index contributed by atoms with van der Waals surface area (Å²) in [6.45, 7) is 26.7. The molecule has 0 aromatic carbocycles. The quantitative estimate of drug-likeness (QED) is 0.0167. The number of β-amino-alcohol motifs (C(OH)–C–C–N with tert-alkyl or cyclic N) is 1. The Balaban J connectivity index is 0.000000181. The molecule has 3 saturated heterocycles. The smallest absolute Gasteiger partial charge is 0.408 e. The van der Waals surface area contributed by atoms with Gasteiger partial charge < -0.3 is 75.4 Å². The second-order valence-electron chi connectivity index (χ2n) is 39.8. The molecule has 40 nitrogen and oxygen atoms in total. The summed E-state index contributed by atoms with van der Waals surface area (Å²) in [6, 6.07) is -4.24. The fourth-order valence-corrected chi connectivity index (χ4v) is 22.5. The average molecular weight is 2000 g/mol. The third-order valence-electron chi connectivity index (χ3n) is 26.0. The molecular formula is C86H120Cl4N16O24S3. The van der Waals surface area contributed by atoms with Crippen LogP contribution in [0.2, 0.25) is 20.7 Å². The molecular weight excluding hydrogens is 1880 g/mol. The van der Waals surface area contributed by atoms with E-state index in [9.17, 15) is 87.9 Å². The number of amides is 12. The number of rotatable bonds is 31. The third kappa shape index (κ3) is 25.4. The van der Waals surface area contributed by atoms with Crippen molar-refractivity contribution in [1.29, 1.82) is 0 Å². The lowest BCUT2D eigenvalue weighted by atomic mass is 9.85. The van der Waals surface area contributed by atoms with E-state index in [0.29, 0.717) is 38.5 Å². The van der Waals surface area contributed by atoms with Gasteiger partial charge in [0.25, 0.3) is 17.7 Å². The zero-order chi connectivity index (χ0) is 97.4. The minimum atomic E-state index is -3.90. The molecule has 14 rings (SSSR count). The highest BCUT2D eigenvalue weighted by Gasteiger charge is 2.66. The maximum Gasteiger partial charge on any atom is 0.408 e. The highest BCUT2D eigenvalue weighted by atomic mass is 35.5. The Kier molecular flexibility index (Phi) is 31.5. The molecule has 3 aliphatic heterocycles. The van der Waals surface area contributed by atoms with Gasteiger partial charge in [-0.05, 0) is 163 Å². The van der Waals surface area contributed by atoms with Gasteiger partial charge in [0.15, 0.2) is 0 Å². The fraction of sp³-hybridized carbons (Fsp3) is 0.698. The van der Waals surface area contributed by atoms with E-state index >= 15 is 0 Å². The number of carbonyl (C=O) groups excluding carboxylic acids is 12. The van der Waals surface area contributed by atoms with Crippen molar-refractivity contribution in [3.63, 3.8) is 0 Å². The maximum atomic E-state index is 14.3.